The van der Waals surface area contributed by atoms with Gasteiger partial charge < -0.3 is 11.1 Å². The van der Waals surface area contributed by atoms with Crippen LogP contribution in [0.1, 0.15) is 10.4 Å². The first kappa shape index (κ1) is 12.5. The number of carbonyl (C=O) groups excluding carboxylic acids is 1. The predicted octanol–water partition coefficient (Wildman–Crippen LogP) is -0.114. The molecule has 7 heteroatoms. The maximum Gasteiger partial charge on any atom is 0.266 e. The summed E-state index contributed by atoms with van der Waals surface area (Å²) in [6.07, 6.45) is 0. The zero-order valence-electron chi connectivity index (χ0n) is 8.38. The van der Waals surface area contributed by atoms with Crippen molar-refractivity contribution in [1.29, 1.82) is 0 Å². The average molecular weight is 244 g/mol. The number of amides is 1. The maximum atomic E-state index is 11.4. The first-order chi connectivity index (χ1) is 7.38. The van der Waals surface area contributed by atoms with Crippen LogP contribution in [-0.4, -0.2) is 31.2 Å². The highest BCUT2D eigenvalue weighted by molar-refractivity contribution is 7.85. The van der Waals surface area contributed by atoms with E-state index in [0.717, 1.165) is 0 Å². The molecule has 6 nitrogen and oxygen atoms in total. The lowest BCUT2D eigenvalue weighted by atomic mass is 10.2. The van der Waals surface area contributed by atoms with Gasteiger partial charge in [0.1, 0.15) is 0 Å². The van der Waals surface area contributed by atoms with Crippen molar-refractivity contribution in [3.8, 4) is 0 Å². The van der Waals surface area contributed by atoms with Crippen LogP contribution in [0.15, 0.2) is 24.3 Å². The van der Waals surface area contributed by atoms with Crippen LogP contribution in [0.2, 0.25) is 0 Å². The molecule has 0 saturated heterocycles. The Morgan fingerprint density at radius 3 is 2.38 bits per heavy atom. The third-order valence-electron chi connectivity index (χ3n) is 1.82. The van der Waals surface area contributed by atoms with Crippen LogP contribution in [0.25, 0.3) is 0 Å². The number of hydrogen-bond acceptors (Lipinski definition) is 4. The second kappa shape index (κ2) is 4.95. The molecule has 88 valence electrons. The van der Waals surface area contributed by atoms with Gasteiger partial charge in [-0.15, -0.1) is 0 Å². The Morgan fingerprint density at radius 1 is 1.31 bits per heavy atom. The van der Waals surface area contributed by atoms with E-state index in [-0.39, 0.29) is 6.54 Å². The van der Waals surface area contributed by atoms with Gasteiger partial charge in [-0.05, 0) is 24.3 Å². The fraction of sp³-hybridized carbons (Fsp3) is 0.222. The Kier molecular flexibility index (Phi) is 3.86. The predicted molar refractivity (Wildman–Crippen MR) is 59.6 cm³/mol. The van der Waals surface area contributed by atoms with E-state index in [9.17, 15) is 13.2 Å². The topological polar surface area (TPSA) is 109 Å². The number of rotatable bonds is 4. The van der Waals surface area contributed by atoms with Crippen molar-refractivity contribution in [3.63, 3.8) is 0 Å². The van der Waals surface area contributed by atoms with Crippen molar-refractivity contribution < 1.29 is 17.8 Å². The molecule has 16 heavy (non-hydrogen) atoms. The number of hydrogen-bond donors (Lipinski definition) is 3. The number of carbonyl (C=O) groups is 1. The van der Waals surface area contributed by atoms with Gasteiger partial charge in [0.05, 0.1) is 5.75 Å². The van der Waals surface area contributed by atoms with E-state index in [1.165, 1.54) is 12.1 Å². The van der Waals surface area contributed by atoms with E-state index in [4.69, 9.17) is 10.3 Å². The molecule has 0 aliphatic heterocycles. The molecule has 0 aliphatic rings. The number of nitrogens with two attached hydrogens (primary N) is 1. The summed E-state index contributed by atoms with van der Waals surface area (Å²) in [5, 5.41) is 2.36. The summed E-state index contributed by atoms with van der Waals surface area (Å²) in [6, 6.07) is 6.19. The molecule has 0 aliphatic carbocycles. The SMILES string of the molecule is Nc1ccc(C(=O)NCCS(=O)(=O)O)cc1. The average Bonchev–Trinajstić information content (AvgIpc) is 2.16. The van der Waals surface area contributed by atoms with E-state index in [1.54, 1.807) is 12.1 Å². The Labute approximate surface area is 93.2 Å². The van der Waals surface area contributed by atoms with Crippen LogP contribution in [0, 0.1) is 0 Å². The normalized spacial score (nSPS) is 11.1. The summed E-state index contributed by atoms with van der Waals surface area (Å²) in [7, 11) is -4.04. The molecular weight excluding hydrogens is 232 g/mol. The summed E-state index contributed by atoms with van der Waals surface area (Å²) in [5.74, 6) is -0.920. The number of anilines is 1. The molecular formula is C9H12N2O4S. The van der Waals surface area contributed by atoms with Crippen molar-refractivity contribution >= 4 is 21.7 Å². The molecule has 0 radical (unpaired) electrons. The summed E-state index contributed by atoms with van der Waals surface area (Å²) < 4.78 is 29.2. The molecule has 0 saturated carbocycles. The van der Waals surface area contributed by atoms with Gasteiger partial charge in [0, 0.05) is 17.8 Å². The van der Waals surface area contributed by atoms with Crippen molar-refractivity contribution in [1.82, 2.24) is 5.32 Å². The number of nitrogen functional groups attached to an aromatic ring is 1. The second-order valence-electron chi connectivity index (χ2n) is 3.16. The van der Waals surface area contributed by atoms with Crippen LogP contribution in [0.3, 0.4) is 0 Å². The van der Waals surface area contributed by atoms with Gasteiger partial charge in [-0.25, -0.2) is 0 Å². The lowest BCUT2D eigenvalue weighted by molar-refractivity contribution is 0.0956. The Hall–Kier alpha value is -1.60. The molecule has 0 spiro atoms. The standard InChI is InChI=1S/C9H12N2O4S/c10-8-3-1-7(2-4-8)9(12)11-5-6-16(13,14)15/h1-4H,5-6,10H2,(H,11,12)(H,13,14,15). The second-order valence-corrected chi connectivity index (χ2v) is 4.74. The van der Waals surface area contributed by atoms with Gasteiger partial charge in [0.25, 0.3) is 16.0 Å². The molecule has 0 bridgehead atoms. The molecule has 1 aromatic carbocycles. The van der Waals surface area contributed by atoms with Crippen molar-refractivity contribution in [3.05, 3.63) is 29.8 Å². The summed E-state index contributed by atoms with van der Waals surface area (Å²) in [5.41, 5.74) is 6.36. The molecule has 1 amide bonds. The smallest absolute Gasteiger partial charge is 0.266 e. The van der Waals surface area contributed by atoms with Crippen LogP contribution in [0.5, 0.6) is 0 Å². The van der Waals surface area contributed by atoms with Crippen LogP contribution in [0.4, 0.5) is 5.69 Å². The van der Waals surface area contributed by atoms with Crippen LogP contribution < -0.4 is 11.1 Å². The zero-order chi connectivity index (χ0) is 12.2. The summed E-state index contributed by atoms with van der Waals surface area (Å²) >= 11 is 0. The van der Waals surface area contributed by atoms with Gasteiger partial charge in [-0.3, -0.25) is 9.35 Å². The van der Waals surface area contributed by atoms with Gasteiger partial charge in [0.15, 0.2) is 0 Å². The molecule has 0 unspecified atom stereocenters. The molecule has 0 aromatic heterocycles. The van der Waals surface area contributed by atoms with E-state index in [0.29, 0.717) is 11.3 Å². The molecule has 0 heterocycles. The van der Waals surface area contributed by atoms with Gasteiger partial charge >= 0.3 is 0 Å². The van der Waals surface area contributed by atoms with Crippen molar-refractivity contribution in [2.45, 2.75) is 0 Å². The highest BCUT2D eigenvalue weighted by atomic mass is 32.2. The lowest BCUT2D eigenvalue weighted by Gasteiger charge is -2.03. The van der Waals surface area contributed by atoms with Gasteiger partial charge in [-0.2, -0.15) is 8.42 Å². The molecule has 4 N–H and O–H groups in total. The third kappa shape index (κ3) is 4.28. The highest BCUT2D eigenvalue weighted by Crippen LogP contribution is 2.04. The number of nitrogens with one attached hydrogen (secondary N) is 1. The first-order valence-electron chi connectivity index (χ1n) is 4.47. The Morgan fingerprint density at radius 2 is 1.88 bits per heavy atom. The van der Waals surface area contributed by atoms with E-state index < -0.39 is 21.8 Å². The minimum Gasteiger partial charge on any atom is -0.399 e. The van der Waals surface area contributed by atoms with Crippen molar-refractivity contribution in [2.75, 3.05) is 18.0 Å². The summed E-state index contributed by atoms with van der Waals surface area (Å²) in [6.45, 7) is -0.137. The zero-order valence-corrected chi connectivity index (χ0v) is 9.20. The van der Waals surface area contributed by atoms with E-state index >= 15 is 0 Å². The minimum absolute atomic E-state index is 0.137. The Bertz CT molecular complexity index is 467. The van der Waals surface area contributed by atoms with E-state index in [2.05, 4.69) is 5.32 Å². The summed E-state index contributed by atoms with van der Waals surface area (Å²) in [4.78, 5) is 11.4. The molecule has 1 aromatic rings. The molecule has 0 fully saturated rings. The largest absolute Gasteiger partial charge is 0.399 e. The quantitative estimate of drug-likeness (QED) is 0.505. The molecule has 1 rings (SSSR count). The van der Waals surface area contributed by atoms with Crippen LogP contribution >= 0.6 is 0 Å². The fourth-order valence-electron chi connectivity index (χ4n) is 1.03. The fourth-order valence-corrected chi connectivity index (χ4v) is 1.39. The minimum atomic E-state index is -4.04. The Balaban J connectivity index is 2.50. The van der Waals surface area contributed by atoms with Gasteiger partial charge in [-0.1, -0.05) is 0 Å². The number of benzene rings is 1. The van der Waals surface area contributed by atoms with Crippen LogP contribution in [-0.2, 0) is 10.1 Å². The highest BCUT2D eigenvalue weighted by Gasteiger charge is 2.07. The lowest BCUT2D eigenvalue weighted by Crippen LogP contribution is -2.28. The monoisotopic (exact) mass is 244 g/mol. The van der Waals surface area contributed by atoms with Crippen molar-refractivity contribution in [2.24, 2.45) is 0 Å². The maximum absolute atomic E-state index is 11.4. The first-order valence-corrected chi connectivity index (χ1v) is 6.08. The van der Waals surface area contributed by atoms with E-state index in [1.807, 2.05) is 0 Å². The molecule has 0 atom stereocenters. The van der Waals surface area contributed by atoms with Gasteiger partial charge in [0.2, 0.25) is 0 Å². The third-order valence-corrected chi connectivity index (χ3v) is 2.54.